The molecule has 168 valence electrons. The largest absolute Gasteiger partial charge is 0.573 e. The quantitative estimate of drug-likeness (QED) is 0.595. The first-order valence-electron chi connectivity index (χ1n) is 10.2. The number of amides is 1. The lowest BCUT2D eigenvalue weighted by Gasteiger charge is -2.24. The first-order chi connectivity index (χ1) is 15.4. The van der Waals surface area contributed by atoms with Crippen LogP contribution in [0.5, 0.6) is 5.75 Å². The van der Waals surface area contributed by atoms with Gasteiger partial charge in [-0.3, -0.25) is 9.79 Å². The molecule has 0 spiro atoms. The van der Waals surface area contributed by atoms with Gasteiger partial charge in [-0.05, 0) is 54.2 Å². The normalized spacial score (nSPS) is 14.7. The van der Waals surface area contributed by atoms with Crippen LogP contribution in [0.25, 0.3) is 11.1 Å². The molecule has 2 aromatic carbocycles. The zero-order valence-corrected chi connectivity index (χ0v) is 17.1. The van der Waals surface area contributed by atoms with Crippen molar-refractivity contribution in [3.8, 4) is 16.9 Å². The number of hydrogen-bond donors (Lipinski definition) is 3. The van der Waals surface area contributed by atoms with Crippen molar-refractivity contribution in [2.45, 2.75) is 32.2 Å². The number of rotatable bonds is 7. The van der Waals surface area contributed by atoms with Gasteiger partial charge >= 0.3 is 6.36 Å². The Morgan fingerprint density at radius 2 is 2.00 bits per heavy atom. The minimum absolute atomic E-state index is 0.0864. The van der Waals surface area contributed by atoms with E-state index in [9.17, 15) is 23.1 Å². The fraction of sp³-hybridized carbons (Fsp3) is 0.304. The zero-order chi connectivity index (χ0) is 22.7. The molecule has 9 heteroatoms. The molecule has 0 saturated carbocycles. The molecule has 2 aliphatic rings. The van der Waals surface area contributed by atoms with Crippen LogP contribution >= 0.6 is 0 Å². The summed E-state index contributed by atoms with van der Waals surface area (Å²) in [5, 5.41) is 15.8. The maximum Gasteiger partial charge on any atom is 0.573 e. The number of aliphatic hydroxyl groups excluding tert-OH is 1. The maximum atomic E-state index is 12.5. The van der Waals surface area contributed by atoms with Gasteiger partial charge in [0.1, 0.15) is 5.75 Å². The number of ether oxygens (including phenoxy) is 1. The summed E-state index contributed by atoms with van der Waals surface area (Å²) in [5.41, 5.74) is 5.16. The first-order valence-corrected chi connectivity index (χ1v) is 10.2. The van der Waals surface area contributed by atoms with Gasteiger partial charge in [0.2, 0.25) is 5.91 Å². The highest BCUT2D eigenvalue weighted by atomic mass is 19.4. The van der Waals surface area contributed by atoms with Crippen LogP contribution in [0.1, 0.15) is 24.0 Å². The topological polar surface area (TPSA) is 83.0 Å². The molecule has 1 amide bonds. The van der Waals surface area contributed by atoms with Gasteiger partial charge in [-0.15, -0.1) is 13.2 Å². The number of allylic oxidation sites excluding steroid dienone is 1. The highest BCUT2D eigenvalue weighted by molar-refractivity contribution is 5.95. The number of hydrogen-bond acceptors (Lipinski definition) is 5. The molecule has 1 heterocycles. The number of alkyl halides is 3. The third kappa shape index (κ3) is 4.77. The average Bonchev–Trinajstić information content (AvgIpc) is 2.71. The Balaban J connectivity index is 1.71. The first kappa shape index (κ1) is 21.9. The molecule has 0 aromatic heterocycles. The number of halogens is 3. The number of aliphatic imine (C=N–C) groups is 1. The Bertz CT molecular complexity index is 1080. The Hall–Kier alpha value is -3.33. The van der Waals surface area contributed by atoms with E-state index >= 15 is 0 Å². The predicted octanol–water partition coefficient (Wildman–Crippen LogP) is 4.25. The highest BCUT2D eigenvalue weighted by Gasteiger charge is 2.31. The van der Waals surface area contributed by atoms with Crippen molar-refractivity contribution in [2.24, 2.45) is 4.99 Å². The molecule has 0 fully saturated rings. The van der Waals surface area contributed by atoms with E-state index < -0.39 is 6.36 Å². The molecule has 0 unspecified atom stereocenters. The van der Waals surface area contributed by atoms with Gasteiger partial charge in [0.25, 0.3) is 0 Å². The number of fused-ring (bicyclic) bond motifs is 1. The van der Waals surface area contributed by atoms with Crippen molar-refractivity contribution < 1.29 is 27.8 Å². The van der Waals surface area contributed by atoms with Crippen molar-refractivity contribution >= 4 is 23.5 Å². The van der Waals surface area contributed by atoms with Crippen LogP contribution in [0.2, 0.25) is 0 Å². The van der Waals surface area contributed by atoms with E-state index in [1.165, 1.54) is 12.1 Å². The number of carbonyl (C=O) groups is 1. The summed E-state index contributed by atoms with van der Waals surface area (Å²) in [7, 11) is 0. The third-order valence-corrected chi connectivity index (χ3v) is 5.38. The lowest BCUT2D eigenvalue weighted by molar-refractivity contribution is -0.274. The minimum Gasteiger partial charge on any atom is -0.406 e. The summed E-state index contributed by atoms with van der Waals surface area (Å²) in [6.45, 7) is 0.658. The van der Waals surface area contributed by atoms with Gasteiger partial charge in [0.05, 0.1) is 17.9 Å². The smallest absolute Gasteiger partial charge is 0.406 e. The van der Waals surface area contributed by atoms with Gasteiger partial charge in [0.15, 0.2) is 0 Å². The lowest BCUT2D eigenvalue weighted by atomic mass is 9.92. The Morgan fingerprint density at radius 3 is 2.62 bits per heavy atom. The van der Waals surface area contributed by atoms with Crippen LogP contribution < -0.4 is 15.4 Å². The lowest BCUT2D eigenvalue weighted by Crippen LogP contribution is -2.27. The molecule has 32 heavy (non-hydrogen) atoms. The molecule has 3 N–H and O–H groups in total. The molecule has 0 saturated heterocycles. The number of benzene rings is 2. The van der Waals surface area contributed by atoms with Crippen molar-refractivity contribution in [3.63, 3.8) is 0 Å². The van der Waals surface area contributed by atoms with E-state index in [1.54, 1.807) is 18.3 Å². The fourth-order valence-electron chi connectivity index (χ4n) is 3.77. The Labute approximate surface area is 182 Å². The zero-order valence-electron chi connectivity index (χ0n) is 17.1. The molecule has 0 atom stereocenters. The number of nitrogens with one attached hydrogen (secondary N) is 2. The standard InChI is InChI=1S/C23H22F3N3O3/c24-23(25,26)32-17-6-4-14(5-7-17)19-12-16(13-29-22(31)15-2-1-3-15)18(8-11-30)20-21(19)28-10-9-27-20/h2,4-7,9,12,28,30H,1,3,8,10-11,13H2,(H,29,31). The molecule has 4 rings (SSSR count). The molecule has 6 nitrogen and oxygen atoms in total. The van der Waals surface area contributed by atoms with Crippen LogP contribution in [0.15, 0.2) is 47.0 Å². The van der Waals surface area contributed by atoms with E-state index in [1.807, 2.05) is 12.1 Å². The second-order valence-corrected chi connectivity index (χ2v) is 7.47. The second-order valence-electron chi connectivity index (χ2n) is 7.47. The molecule has 2 aromatic rings. The average molecular weight is 445 g/mol. The van der Waals surface area contributed by atoms with Crippen LogP contribution in [0, 0.1) is 0 Å². The monoisotopic (exact) mass is 445 g/mol. The fourth-order valence-corrected chi connectivity index (χ4v) is 3.77. The summed E-state index contributed by atoms with van der Waals surface area (Å²) < 4.78 is 41.4. The van der Waals surface area contributed by atoms with Crippen LogP contribution in [-0.2, 0) is 17.8 Å². The third-order valence-electron chi connectivity index (χ3n) is 5.38. The number of anilines is 1. The van der Waals surface area contributed by atoms with Gasteiger partial charge < -0.3 is 20.5 Å². The van der Waals surface area contributed by atoms with E-state index in [2.05, 4.69) is 20.4 Å². The summed E-state index contributed by atoms with van der Waals surface area (Å²) in [4.78, 5) is 16.8. The molecule has 1 aliphatic carbocycles. The van der Waals surface area contributed by atoms with E-state index in [-0.39, 0.29) is 24.8 Å². The Kier molecular flexibility index (Phi) is 6.18. The molecule has 1 aliphatic heterocycles. The molecular formula is C23H22F3N3O3. The van der Waals surface area contributed by atoms with Crippen LogP contribution in [0.3, 0.4) is 0 Å². The van der Waals surface area contributed by atoms with Crippen molar-refractivity contribution in [1.82, 2.24) is 5.32 Å². The van der Waals surface area contributed by atoms with Crippen LogP contribution in [-0.4, -0.2) is 36.7 Å². The van der Waals surface area contributed by atoms with E-state index in [4.69, 9.17) is 0 Å². The number of aliphatic hydroxyl groups is 1. The van der Waals surface area contributed by atoms with E-state index in [0.29, 0.717) is 24.2 Å². The number of nitrogens with zero attached hydrogens (tertiary/aromatic N) is 1. The SMILES string of the molecule is O=C(NCc1cc(-c2ccc(OC(F)(F)F)cc2)c2c(c1CCO)N=CCN2)C1=CCC1. The summed E-state index contributed by atoms with van der Waals surface area (Å²) in [6, 6.07) is 7.49. The molecule has 0 radical (unpaired) electrons. The maximum absolute atomic E-state index is 12.5. The van der Waals surface area contributed by atoms with Crippen molar-refractivity contribution in [1.29, 1.82) is 0 Å². The second kappa shape index (κ2) is 9.04. The summed E-state index contributed by atoms with van der Waals surface area (Å²) in [5.74, 6) is -0.431. The molecular weight excluding hydrogens is 423 g/mol. The highest BCUT2D eigenvalue weighted by Crippen LogP contribution is 2.42. The Morgan fingerprint density at radius 1 is 1.25 bits per heavy atom. The van der Waals surface area contributed by atoms with Gasteiger partial charge in [-0.2, -0.15) is 0 Å². The summed E-state index contributed by atoms with van der Waals surface area (Å²) in [6.07, 6.45) is 0.856. The molecule has 0 bridgehead atoms. The van der Waals surface area contributed by atoms with E-state index in [0.717, 1.165) is 40.8 Å². The van der Waals surface area contributed by atoms with Gasteiger partial charge in [0, 0.05) is 30.5 Å². The number of carbonyl (C=O) groups excluding carboxylic acids is 1. The van der Waals surface area contributed by atoms with Gasteiger partial charge in [-0.1, -0.05) is 18.2 Å². The summed E-state index contributed by atoms with van der Waals surface area (Å²) >= 11 is 0. The van der Waals surface area contributed by atoms with Crippen molar-refractivity contribution in [3.05, 3.63) is 53.1 Å². The van der Waals surface area contributed by atoms with Gasteiger partial charge in [-0.25, -0.2) is 0 Å². The predicted molar refractivity (Wildman–Crippen MR) is 115 cm³/mol. The minimum atomic E-state index is -4.76. The van der Waals surface area contributed by atoms with Crippen LogP contribution in [0.4, 0.5) is 24.5 Å². The van der Waals surface area contributed by atoms with Crippen molar-refractivity contribution in [2.75, 3.05) is 18.5 Å².